The monoisotopic (exact) mass is 328 g/mol. The zero-order valence-electron chi connectivity index (χ0n) is 14.1. The standard InChI is InChI=1S/C22H20N2O/c1-25-19-14-12-17(13-15-19)21-20(16-8-4-2-5-9-16)23-22(24-21)18-10-6-3-7-11-18/h2-15,20-21H,1H3,(H,23,24)/t20-,21-/m0/s1. The van der Waals surface area contributed by atoms with E-state index >= 15 is 0 Å². The van der Waals surface area contributed by atoms with Gasteiger partial charge in [0.1, 0.15) is 17.6 Å². The topological polar surface area (TPSA) is 33.6 Å². The summed E-state index contributed by atoms with van der Waals surface area (Å²) in [5, 5.41) is 3.62. The average Bonchev–Trinajstić information content (AvgIpc) is 3.15. The van der Waals surface area contributed by atoms with Crippen LogP contribution < -0.4 is 10.1 Å². The highest BCUT2D eigenvalue weighted by Gasteiger charge is 2.31. The number of hydrogen-bond donors (Lipinski definition) is 1. The molecule has 124 valence electrons. The summed E-state index contributed by atoms with van der Waals surface area (Å²) >= 11 is 0. The highest BCUT2D eigenvalue weighted by atomic mass is 16.5. The van der Waals surface area contributed by atoms with Crippen molar-refractivity contribution >= 4 is 5.84 Å². The van der Waals surface area contributed by atoms with Crippen molar-refractivity contribution in [3.8, 4) is 5.75 Å². The van der Waals surface area contributed by atoms with Crippen LogP contribution in [0, 0.1) is 0 Å². The van der Waals surface area contributed by atoms with Gasteiger partial charge >= 0.3 is 0 Å². The third-order valence-corrected chi connectivity index (χ3v) is 4.54. The van der Waals surface area contributed by atoms with Gasteiger partial charge < -0.3 is 10.1 Å². The number of aliphatic imine (C=N–C) groups is 1. The number of nitrogens with one attached hydrogen (secondary N) is 1. The van der Waals surface area contributed by atoms with E-state index in [0.29, 0.717) is 0 Å². The molecule has 0 bridgehead atoms. The Kier molecular flexibility index (Phi) is 4.21. The molecule has 3 aromatic carbocycles. The average molecular weight is 328 g/mol. The molecule has 0 aliphatic carbocycles. The molecule has 0 unspecified atom stereocenters. The van der Waals surface area contributed by atoms with E-state index in [-0.39, 0.29) is 12.1 Å². The zero-order valence-corrected chi connectivity index (χ0v) is 14.1. The molecule has 0 radical (unpaired) electrons. The maximum atomic E-state index is 5.28. The van der Waals surface area contributed by atoms with Gasteiger partial charge in [-0.15, -0.1) is 0 Å². The minimum atomic E-state index is 0.0461. The summed E-state index contributed by atoms with van der Waals surface area (Å²) in [5.41, 5.74) is 3.52. The highest BCUT2D eigenvalue weighted by Crippen LogP contribution is 2.37. The SMILES string of the molecule is COc1ccc([C@@H]2NC(c3ccccc3)=N[C@H]2c2ccccc2)cc1. The number of benzene rings is 3. The molecule has 25 heavy (non-hydrogen) atoms. The van der Waals surface area contributed by atoms with Crippen molar-refractivity contribution in [2.75, 3.05) is 7.11 Å². The molecule has 3 aromatic rings. The van der Waals surface area contributed by atoms with Crippen LogP contribution in [0.3, 0.4) is 0 Å². The van der Waals surface area contributed by atoms with E-state index in [0.717, 1.165) is 17.1 Å². The van der Waals surface area contributed by atoms with Crippen LogP contribution in [0.5, 0.6) is 5.75 Å². The van der Waals surface area contributed by atoms with Crippen LogP contribution in [0.1, 0.15) is 28.8 Å². The van der Waals surface area contributed by atoms with Crippen molar-refractivity contribution in [2.24, 2.45) is 4.99 Å². The van der Waals surface area contributed by atoms with E-state index in [1.54, 1.807) is 7.11 Å². The first-order valence-corrected chi connectivity index (χ1v) is 8.44. The molecule has 0 spiro atoms. The number of rotatable bonds is 4. The van der Waals surface area contributed by atoms with Crippen molar-refractivity contribution in [1.29, 1.82) is 0 Å². The fourth-order valence-electron chi connectivity index (χ4n) is 3.23. The molecule has 1 N–H and O–H groups in total. The van der Waals surface area contributed by atoms with Crippen LogP contribution in [0.2, 0.25) is 0 Å². The first-order chi connectivity index (χ1) is 12.3. The van der Waals surface area contributed by atoms with Gasteiger partial charge in [0.25, 0.3) is 0 Å². The van der Waals surface area contributed by atoms with Crippen molar-refractivity contribution in [1.82, 2.24) is 5.32 Å². The normalized spacial score (nSPS) is 19.2. The first kappa shape index (κ1) is 15.5. The molecule has 0 saturated heterocycles. The van der Waals surface area contributed by atoms with Crippen LogP contribution >= 0.6 is 0 Å². The molecule has 0 fully saturated rings. The molecule has 1 heterocycles. The number of ether oxygens (including phenoxy) is 1. The van der Waals surface area contributed by atoms with E-state index in [9.17, 15) is 0 Å². The minimum absolute atomic E-state index is 0.0461. The lowest BCUT2D eigenvalue weighted by molar-refractivity contribution is 0.414. The Balaban J connectivity index is 1.72. The Morgan fingerprint density at radius 1 is 0.760 bits per heavy atom. The maximum Gasteiger partial charge on any atom is 0.129 e. The molecular formula is C22H20N2O. The summed E-state index contributed by atoms with van der Waals surface area (Å²) in [5.74, 6) is 1.80. The Hall–Kier alpha value is -3.07. The second-order valence-corrected chi connectivity index (χ2v) is 6.09. The predicted molar refractivity (Wildman–Crippen MR) is 101 cm³/mol. The Morgan fingerprint density at radius 2 is 1.40 bits per heavy atom. The van der Waals surface area contributed by atoms with E-state index in [1.807, 2.05) is 36.4 Å². The number of hydrogen-bond acceptors (Lipinski definition) is 3. The fourth-order valence-corrected chi connectivity index (χ4v) is 3.23. The summed E-state index contributed by atoms with van der Waals surface area (Å²) in [4.78, 5) is 5.00. The first-order valence-electron chi connectivity index (χ1n) is 8.44. The van der Waals surface area contributed by atoms with E-state index in [1.165, 1.54) is 11.1 Å². The van der Waals surface area contributed by atoms with Crippen molar-refractivity contribution < 1.29 is 4.74 Å². The van der Waals surface area contributed by atoms with Crippen LogP contribution in [-0.4, -0.2) is 12.9 Å². The quantitative estimate of drug-likeness (QED) is 0.763. The predicted octanol–water partition coefficient (Wildman–Crippen LogP) is 4.53. The van der Waals surface area contributed by atoms with Gasteiger partial charge in [-0.1, -0.05) is 72.8 Å². The van der Waals surface area contributed by atoms with Crippen LogP contribution in [0.25, 0.3) is 0 Å². The summed E-state index contributed by atoms with van der Waals surface area (Å²) in [6.45, 7) is 0. The Morgan fingerprint density at radius 3 is 2.04 bits per heavy atom. The van der Waals surface area contributed by atoms with E-state index in [2.05, 4.69) is 53.8 Å². The van der Waals surface area contributed by atoms with Gasteiger partial charge in [-0.05, 0) is 23.3 Å². The van der Waals surface area contributed by atoms with E-state index < -0.39 is 0 Å². The van der Waals surface area contributed by atoms with Gasteiger partial charge in [-0.3, -0.25) is 4.99 Å². The third kappa shape index (κ3) is 3.13. The van der Waals surface area contributed by atoms with Crippen LogP contribution in [-0.2, 0) is 0 Å². The van der Waals surface area contributed by atoms with Gasteiger partial charge in [0.15, 0.2) is 0 Å². The lowest BCUT2D eigenvalue weighted by Gasteiger charge is -2.20. The molecule has 2 atom stereocenters. The zero-order chi connectivity index (χ0) is 17.1. The van der Waals surface area contributed by atoms with Crippen molar-refractivity contribution in [2.45, 2.75) is 12.1 Å². The molecule has 1 aliphatic rings. The lowest BCUT2D eigenvalue weighted by atomic mass is 9.95. The molecule has 1 aliphatic heterocycles. The van der Waals surface area contributed by atoms with Crippen LogP contribution in [0.15, 0.2) is 89.9 Å². The van der Waals surface area contributed by atoms with Gasteiger partial charge in [-0.25, -0.2) is 0 Å². The fraction of sp³-hybridized carbons (Fsp3) is 0.136. The molecular weight excluding hydrogens is 308 g/mol. The summed E-state index contributed by atoms with van der Waals surface area (Å²) in [6, 6.07) is 29.1. The number of amidine groups is 1. The van der Waals surface area contributed by atoms with Gasteiger partial charge in [0.2, 0.25) is 0 Å². The molecule has 0 aromatic heterocycles. The van der Waals surface area contributed by atoms with Crippen molar-refractivity contribution in [3.05, 3.63) is 102 Å². The Labute approximate surface area is 148 Å². The Bertz CT molecular complexity index is 858. The summed E-state index contributed by atoms with van der Waals surface area (Å²) < 4.78 is 5.28. The highest BCUT2D eigenvalue weighted by molar-refractivity contribution is 6.00. The minimum Gasteiger partial charge on any atom is -0.497 e. The molecule has 0 saturated carbocycles. The van der Waals surface area contributed by atoms with Gasteiger partial charge in [0, 0.05) is 5.56 Å². The number of nitrogens with zero attached hydrogens (tertiary/aromatic N) is 1. The summed E-state index contributed by atoms with van der Waals surface area (Å²) in [6.07, 6.45) is 0. The van der Waals surface area contributed by atoms with Gasteiger partial charge in [-0.2, -0.15) is 0 Å². The molecule has 3 heteroatoms. The van der Waals surface area contributed by atoms with E-state index in [4.69, 9.17) is 9.73 Å². The largest absolute Gasteiger partial charge is 0.497 e. The lowest BCUT2D eigenvalue weighted by Crippen LogP contribution is -2.25. The number of methoxy groups -OCH3 is 1. The second kappa shape index (κ2) is 6.81. The maximum absolute atomic E-state index is 5.28. The second-order valence-electron chi connectivity index (χ2n) is 6.09. The van der Waals surface area contributed by atoms with Crippen LogP contribution in [0.4, 0.5) is 0 Å². The molecule has 3 nitrogen and oxygen atoms in total. The van der Waals surface area contributed by atoms with Gasteiger partial charge in [0.05, 0.1) is 13.2 Å². The molecule has 4 rings (SSSR count). The smallest absolute Gasteiger partial charge is 0.129 e. The van der Waals surface area contributed by atoms with Crippen molar-refractivity contribution in [3.63, 3.8) is 0 Å². The molecule has 0 amide bonds. The third-order valence-electron chi connectivity index (χ3n) is 4.54. The summed E-state index contributed by atoms with van der Waals surface area (Å²) in [7, 11) is 1.69.